The molecule has 0 atom stereocenters. The fourth-order valence-corrected chi connectivity index (χ4v) is 2.00. The van der Waals surface area contributed by atoms with E-state index < -0.39 is 10.1 Å². The maximum atomic E-state index is 10.6. The lowest BCUT2D eigenvalue weighted by Crippen LogP contribution is -2.40. The highest BCUT2D eigenvalue weighted by Gasteiger charge is 2.11. The molecule has 0 fully saturated rings. The number of fused-ring (bicyclic) bond motifs is 1. The number of hydrogen-bond acceptors (Lipinski definition) is 3. The van der Waals surface area contributed by atoms with Crippen LogP contribution in [-0.4, -0.2) is 23.8 Å². The highest BCUT2D eigenvalue weighted by atomic mass is 35.5. The van der Waals surface area contributed by atoms with E-state index in [1.54, 1.807) is 18.3 Å². The molecular formula is C10H10ClN2O3S+. The minimum Gasteiger partial charge on any atom is -0.285 e. The Hall–Kier alpha value is -1.24. The average Bonchev–Trinajstić information content (AvgIpc) is 2.24. The molecule has 0 saturated carbocycles. The van der Waals surface area contributed by atoms with Crippen LogP contribution in [0.2, 0.25) is 5.02 Å². The van der Waals surface area contributed by atoms with E-state index in [1.807, 2.05) is 12.1 Å². The normalized spacial score (nSPS) is 11.9. The predicted octanol–water partition coefficient (Wildman–Crippen LogP) is 1.06. The van der Waals surface area contributed by atoms with Gasteiger partial charge in [0, 0.05) is 21.6 Å². The smallest absolute Gasteiger partial charge is 0.271 e. The van der Waals surface area contributed by atoms with Crippen molar-refractivity contribution >= 4 is 32.6 Å². The Kier molecular flexibility index (Phi) is 3.28. The average molecular weight is 274 g/mol. The Morgan fingerprint density at radius 2 is 2.12 bits per heavy atom. The van der Waals surface area contributed by atoms with Crippen LogP contribution in [-0.2, 0) is 16.7 Å². The van der Waals surface area contributed by atoms with Gasteiger partial charge in [0.25, 0.3) is 10.1 Å². The molecule has 0 bridgehead atoms. The molecule has 17 heavy (non-hydrogen) atoms. The van der Waals surface area contributed by atoms with E-state index in [2.05, 4.69) is 5.10 Å². The van der Waals surface area contributed by atoms with Crippen LogP contribution in [0.5, 0.6) is 0 Å². The van der Waals surface area contributed by atoms with Crippen molar-refractivity contribution in [3.63, 3.8) is 0 Å². The molecule has 0 aliphatic heterocycles. The van der Waals surface area contributed by atoms with E-state index in [9.17, 15) is 8.42 Å². The lowest BCUT2D eigenvalue weighted by atomic mass is 10.2. The van der Waals surface area contributed by atoms with Crippen molar-refractivity contribution in [1.29, 1.82) is 0 Å². The van der Waals surface area contributed by atoms with Crippen molar-refractivity contribution in [2.45, 2.75) is 6.54 Å². The summed E-state index contributed by atoms with van der Waals surface area (Å²) in [7, 11) is -3.97. The van der Waals surface area contributed by atoms with Crippen LogP contribution in [0.25, 0.3) is 10.9 Å². The Bertz CT molecular complexity index is 658. The van der Waals surface area contributed by atoms with Crippen molar-refractivity contribution in [3.05, 3.63) is 35.5 Å². The molecule has 2 aromatic rings. The summed E-state index contributed by atoms with van der Waals surface area (Å²) < 4.78 is 31.3. The summed E-state index contributed by atoms with van der Waals surface area (Å²) in [6.45, 7) is 0.0985. The highest BCUT2D eigenvalue weighted by Crippen LogP contribution is 2.15. The van der Waals surface area contributed by atoms with Crippen LogP contribution in [0.3, 0.4) is 0 Å². The van der Waals surface area contributed by atoms with Gasteiger partial charge in [-0.25, -0.2) is 0 Å². The zero-order valence-electron chi connectivity index (χ0n) is 8.75. The summed E-state index contributed by atoms with van der Waals surface area (Å²) >= 11 is 5.84. The summed E-state index contributed by atoms with van der Waals surface area (Å²) in [5.41, 5.74) is 0.676. The topological polar surface area (TPSA) is 71.1 Å². The van der Waals surface area contributed by atoms with E-state index in [0.29, 0.717) is 10.5 Å². The number of benzene rings is 1. The van der Waals surface area contributed by atoms with Gasteiger partial charge in [-0.15, -0.1) is 0 Å². The van der Waals surface area contributed by atoms with E-state index in [1.165, 1.54) is 4.68 Å². The highest BCUT2D eigenvalue weighted by molar-refractivity contribution is 7.85. The van der Waals surface area contributed by atoms with Crippen molar-refractivity contribution in [3.8, 4) is 0 Å². The van der Waals surface area contributed by atoms with Crippen molar-refractivity contribution in [2.75, 3.05) is 5.75 Å². The van der Waals surface area contributed by atoms with Crippen molar-refractivity contribution in [2.24, 2.45) is 0 Å². The molecule has 0 saturated heterocycles. The van der Waals surface area contributed by atoms with Gasteiger partial charge in [0.2, 0.25) is 0 Å². The molecule has 1 aromatic heterocycles. The quantitative estimate of drug-likeness (QED) is 0.671. The van der Waals surface area contributed by atoms with Gasteiger partial charge in [0.1, 0.15) is 11.3 Å². The molecule has 0 unspecified atom stereocenters. The summed E-state index contributed by atoms with van der Waals surface area (Å²) in [5, 5.41) is 5.68. The molecule has 7 heteroatoms. The summed E-state index contributed by atoms with van der Waals surface area (Å²) in [6.07, 6.45) is 1.65. The van der Waals surface area contributed by atoms with E-state index in [0.717, 1.165) is 5.39 Å². The van der Waals surface area contributed by atoms with Gasteiger partial charge in [0.05, 0.1) is 0 Å². The van der Waals surface area contributed by atoms with Crippen LogP contribution in [0.15, 0.2) is 30.5 Å². The number of aromatic nitrogens is 2. The molecule has 0 aliphatic rings. The van der Waals surface area contributed by atoms with Crippen molar-refractivity contribution < 1.29 is 17.7 Å². The van der Waals surface area contributed by atoms with Gasteiger partial charge in [-0.05, 0) is 12.1 Å². The first kappa shape index (κ1) is 12.2. The van der Waals surface area contributed by atoms with Crippen LogP contribution < -0.4 is 4.68 Å². The molecule has 0 aliphatic carbocycles. The Morgan fingerprint density at radius 3 is 2.82 bits per heavy atom. The van der Waals surface area contributed by atoms with Gasteiger partial charge in [-0.2, -0.15) is 8.42 Å². The maximum Gasteiger partial charge on any atom is 0.271 e. The first-order valence-corrected chi connectivity index (χ1v) is 6.84. The third-order valence-electron chi connectivity index (χ3n) is 2.23. The monoisotopic (exact) mass is 273 g/mol. The van der Waals surface area contributed by atoms with Crippen LogP contribution in [0, 0.1) is 0 Å². The second-order valence-corrected chi connectivity index (χ2v) is 5.58. The van der Waals surface area contributed by atoms with Gasteiger partial charge in [-0.1, -0.05) is 22.3 Å². The molecule has 90 valence electrons. The molecule has 1 heterocycles. The van der Waals surface area contributed by atoms with Crippen molar-refractivity contribution in [1.82, 2.24) is 5.10 Å². The molecule has 1 aromatic carbocycles. The third kappa shape index (κ3) is 3.36. The zero-order valence-corrected chi connectivity index (χ0v) is 10.3. The third-order valence-corrected chi connectivity index (χ3v) is 3.17. The number of halogens is 1. The zero-order chi connectivity index (χ0) is 12.5. The minimum atomic E-state index is -3.97. The Labute approximate surface area is 103 Å². The lowest BCUT2D eigenvalue weighted by Gasteiger charge is -1.97. The second-order valence-electron chi connectivity index (χ2n) is 3.57. The molecule has 5 nitrogen and oxygen atoms in total. The van der Waals surface area contributed by atoms with Gasteiger partial charge >= 0.3 is 0 Å². The first-order valence-electron chi connectivity index (χ1n) is 4.85. The Balaban J connectivity index is 2.31. The first-order chi connectivity index (χ1) is 7.94. The minimum absolute atomic E-state index is 0.0985. The molecule has 0 spiro atoms. The van der Waals surface area contributed by atoms with Gasteiger partial charge < -0.3 is 0 Å². The number of hydrogen-bond donors (Lipinski definition) is 1. The Morgan fingerprint density at radius 1 is 1.35 bits per heavy atom. The molecule has 0 radical (unpaired) electrons. The fourth-order valence-electron chi connectivity index (χ4n) is 1.42. The number of aryl methyl sites for hydroxylation is 1. The van der Waals surface area contributed by atoms with Crippen LogP contribution >= 0.6 is 11.6 Å². The predicted molar refractivity (Wildman–Crippen MR) is 63.4 cm³/mol. The lowest BCUT2D eigenvalue weighted by molar-refractivity contribution is -0.747. The standard InChI is InChI=1S/C10H9ClN2O3S/c11-9-2-1-8-3-4-13(12-10(8)7-9)5-6-17(14,15)16/h1-4,7H,5-6H2/p+1. The number of nitrogens with zero attached hydrogens (tertiary/aromatic N) is 2. The maximum absolute atomic E-state index is 10.6. The summed E-state index contributed by atoms with van der Waals surface area (Å²) in [4.78, 5) is 0. The van der Waals surface area contributed by atoms with E-state index >= 15 is 0 Å². The van der Waals surface area contributed by atoms with E-state index in [4.69, 9.17) is 16.2 Å². The van der Waals surface area contributed by atoms with Crippen LogP contribution in [0.4, 0.5) is 0 Å². The van der Waals surface area contributed by atoms with E-state index in [-0.39, 0.29) is 12.3 Å². The molecular weight excluding hydrogens is 264 g/mol. The molecule has 0 amide bonds. The largest absolute Gasteiger partial charge is 0.285 e. The fraction of sp³-hybridized carbons (Fsp3) is 0.200. The van der Waals surface area contributed by atoms with Gasteiger partial charge in [0.15, 0.2) is 12.7 Å². The summed E-state index contributed by atoms with van der Waals surface area (Å²) in [5.74, 6) is -0.364. The van der Waals surface area contributed by atoms with Crippen LogP contribution in [0.1, 0.15) is 0 Å². The molecule has 1 N–H and O–H groups in total. The summed E-state index contributed by atoms with van der Waals surface area (Å²) in [6, 6.07) is 7.09. The molecule has 2 rings (SSSR count). The number of rotatable bonds is 3. The second kappa shape index (κ2) is 4.56. The SMILES string of the molecule is O=S(=O)(O)CC[n+]1ccc2ccc(Cl)cc2n1. The van der Waals surface area contributed by atoms with Gasteiger partial charge in [-0.3, -0.25) is 4.55 Å².